The molecule has 0 amide bonds. The first-order valence-electron chi connectivity index (χ1n) is 7.46. The summed E-state index contributed by atoms with van der Waals surface area (Å²) in [6, 6.07) is 11.5. The lowest BCUT2D eigenvalue weighted by Gasteiger charge is -2.13. The van der Waals surface area contributed by atoms with Crippen molar-refractivity contribution in [1.29, 1.82) is 0 Å². The third kappa shape index (κ3) is 2.54. The first-order chi connectivity index (χ1) is 11.4. The van der Waals surface area contributed by atoms with Gasteiger partial charge in [0.25, 0.3) is 0 Å². The van der Waals surface area contributed by atoms with Crippen LogP contribution in [0.3, 0.4) is 0 Å². The van der Waals surface area contributed by atoms with E-state index in [1.165, 1.54) is 11.3 Å². The summed E-state index contributed by atoms with van der Waals surface area (Å²) in [5.74, 6) is -0.0353. The molecule has 5 nitrogen and oxygen atoms in total. The normalized spacial score (nSPS) is 17.4. The first kappa shape index (κ1) is 15.4. The number of carbonyl (C=O) groups is 1. The predicted octanol–water partition coefficient (Wildman–Crippen LogP) is 3.21. The molecule has 0 aliphatic heterocycles. The van der Waals surface area contributed by atoms with Crippen LogP contribution in [0.2, 0.25) is 0 Å². The molecule has 24 heavy (non-hydrogen) atoms. The highest BCUT2D eigenvalue weighted by molar-refractivity contribution is 7.89. The van der Waals surface area contributed by atoms with Crippen LogP contribution in [0.25, 0.3) is 10.2 Å². The van der Waals surface area contributed by atoms with E-state index in [4.69, 9.17) is 0 Å². The molecule has 2 aromatic carbocycles. The zero-order valence-electron chi connectivity index (χ0n) is 12.8. The van der Waals surface area contributed by atoms with Gasteiger partial charge in [-0.15, -0.1) is 11.3 Å². The van der Waals surface area contributed by atoms with Crippen LogP contribution in [-0.4, -0.2) is 19.2 Å². The van der Waals surface area contributed by atoms with E-state index in [1.54, 1.807) is 36.4 Å². The third-order valence-electron chi connectivity index (χ3n) is 4.10. The number of aromatic nitrogens is 1. The summed E-state index contributed by atoms with van der Waals surface area (Å²) in [7, 11) is -3.72. The molecule has 0 fully saturated rings. The van der Waals surface area contributed by atoms with E-state index in [9.17, 15) is 13.2 Å². The maximum absolute atomic E-state index is 12.7. The Labute approximate surface area is 143 Å². The zero-order valence-corrected chi connectivity index (χ0v) is 14.4. The number of hydrogen-bond acceptors (Lipinski definition) is 5. The number of carbonyl (C=O) groups excluding carboxylic acids is 1. The number of nitrogens with one attached hydrogen (secondary N) is 1. The maximum Gasteiger partial charge on any atom is 0.241 e. The van der Waals surface area contributed by atoms with Crippen molar-refractivity contribution < 1.29 is 13.2 Å². The topological polar surface area (TPSA) is 76.1 Å². The van der Waals surface area contributed by atoms with E-state index in [0.717, 1.165) is 20.8 Å². The minimum atomic E-state index is -3.72. The summed E-state index contributed by atoms with van der Waals surface area (Å²) in [6.45, 7) is 1.89. The van der Waals surface area contributed by atoms with E-state index >= 15 is 0 Å². The molecule has 1 aromatic heterocycles. The lowest BCUT2D eigenvalue weighted by Crippen LogP contribution is -2.27. The Kier molecular flexibility index (Phi) is 3.52. The highest BCUT2D eigenvalue weighted by Gasteiger charge is 2.32. The summed E-state index contributed by atoms with van der Waals surface area (Å²) >= 11 is 1.46. The summed E-state index contributed by atoms with van der Waals surface area (Å²) in [5.41, 5.74) is 2.12. The monoisotopic (exact) mass is 358 g/mol. The molecule has 7 heteroatoms. The first-order valence-corrected chi connectivity index (χ1v) is 9.76. The van der Waals surface area contributed by atoms with Crippen molar-refractivity contribution in [2.75, 3.05) is 0 Å². The van der Waals surface area contributed by atoms with E-state index in [1.807, 2.05) is 13.0 Å². The fraction of sp³-hybridized carbons (Fsp3) is 0.176. The zero-order chi connectivity index (χ0) is 16.9. The van der Waals surface area contributed by atoms with E-state index in [0.29, 0.717) is 5.56 Å². The molecule has 0 bridgehead atoms. The van der Waals surface area contributed by atoms with E-state index in [-0.39, 0.29) is 17.1 Å². The van der Waals surface area contributed by atoms with Gasteiger partial charge < -0.3 is 0 Å². The molecule has 0 spiro atoms. The quantitative estimate of drug-likeness (QED) is 0.780. The molecular weight excluding hydrogens is 344 g/mol. The van der Waals surface area contributed by atoms with Crippen LogP contribution in [0, 0.1) is 6.92 Å². The Balaban J connectivity index is 1.69. The number of thiazole rings is 1. The smallest absolute Gasteiger partial charge is 0.241 e. The largest absolute Gasteiger partial charge is 0.294 e. The van der Waals surface area contributed by atoms with Crippen molar-refractivity contribution in [2.24, 2.45) is 0 Å². The fourth-order valence-electron chi connectivity index (χ4n) is 3.01. The Bertz CT molecular complexity index is 1070. The van der Waals surface area contributed by atoms with Gasteiger partial charge in [0.2, 0.25) is 10.0 Å². The van der Waals surface area contributed by atoms with Gasteiger partial charge in [-0.1, -0.05) is 24.3 Å². The Morgan fingerprint density at radius 2 is 2.00 bits per heavy atom. The van der Waals surface area contributed by atoms with Crippen molar-refractivity contribution in [3.8, 4) is 0 Å². The number of ketones is 1. The van der Waals surface area contributed by atoms with Gasteiger partial charge in [-0.05, 0) is 30.7 Å². The maximum atomic E-state index is 12.7. The molecule has 4 rings (SSSR count). The van der Waals surface area contributed by atoms with Gasteiger partial charge in [0, 0.05) is 12.0 Å². The molecule has 1 heterocycles. The van der Waals surface area contributed by atoms with Crippen molar-refractivity contribution in [3.05, 3.63) is 58.6 Å². The molecule has 3 aromatic rings. The number of rotatable bonds is 3. The lowest BCUT2D eigenvalue weighted by molar-refractivity contribution is 0.0988. The van der Waals surface area contributed by atoms with Crippen molar-refractivity contribution in [2.45, 2.75) is 24.3 Å². The average molecular weight is 358 g/mol. The van der Waals surface area contributed by atoms with Crippen LogP contribution in [0.15, 0.2) is 47.4 Å². The molecule has 1 aliphatic carbocycles. The number of nitrogens with zero attached hydrogens (tertiary/aromatic N) is 1. The van der Waals surface area contributed by atoms with Crippen LogP contribution < -0.4 is 4.72 Å². The van der Waals surface area contributed by atoms with Gasteiger partial charge in [-0.3, -0.25) is 4.79 Å². The van der Waals surface area contributed by atoms with Gasteiger partial charge in [0.15, 0.2) is 5.78 Å². The van der Waals surface area contributed by atoms with Gasteiger partial charge in [0.05, 0.1) is 26.2 Å². The lowest BCUT2D eigenvalue weighted by atomic mass is 10.1. The second kappa shape index (κ2) is 5.47. The summed E-state index contributed by atoms with van der Waals surface area (Å²) in [4.78, 5) is 16.6. The molecule has 0 saturated heterocycles. The van der Waals surface area contributed by atoms with Crippen LogP contribution in [-0.2, 0) is 10.0 Å². The molecule has 1 N–H and O–H groups in total. The van der Waals surface area contributed by atoms with Crippen LogP contribution >= 0.6 is 11.3 Å². The molecule has 0 radical (unpaired) electrons. The minimum Gasteiger partial charge on any atom is -0.294 e. The Morgan fingerprint density at radius 3 is 2.83 bits per heavy atom. The minimum absolute atomic E-state index is 0.0353. The Hall–Kier alpha value is -2.09. The number of aryl methyl sites for hydroxylation is 1. The fourth-order valence-corrected chi connectivity index (χ4v) is 5.19. The predicted molar refractivity (Wildman–Crippen MR) is 92.8 cm³/mol. The highest BCUT2D eigenvalue weighted by Crippen LogP contribution is 2.32. The van der Waals surface area contributed by atoms with Gasteiger partial charge in [-0.2, -0.15) is 0 Å². The SMILES string of the molecule is Cc1nc2ccc(S(=O)(=O)N[C@@H]3CC(=O)c4ccccc43)cc2s1. The van der Waals surface area contributed by atoms with E-state index in [2.05, 4.69) is 9.71 Å². The number of benzene rings is 2. The van der Waals surface area contributed by atoms with Gasteiger partial charge in [0.1, 0.15) is 0 Å². The molecule has 1 aliphatic rings. The summed E-state index contributed by atoms with van der Waals surface area (Å²) < 4.78 is 28.9. The number of Topliss-reactive ketones (excluding diaryl/α,β-unsaturated/α-hetero) is 1. The summed E-state index contributed by atoms with van der Waals surface area (Å²) in [6.07, 6.45) is 0.153. The molecule has 0 unspecified atom stereocenters. The van der Waals surface area contributed by atoms with Crippen molar-refractivity contribution in [3.63, 3.8) is 0 Å². The van der Waals surface area contributed by atoms with Crippen LogP contribution in [0.4, 0.5) is 0 Å². The molecule has 1 atom stereocenters. The number of hydrogen-bond donors (Lipinski definition) is 1. The van der Waals surface area contributed by atoms with Crippen molar-refractivity contribution in [1.82, 2.24) is 9.71 Å². The van der Waals surface area contributed by atoms with E-state index < -0.39 is 16.1 Å². The second-order valence-electron chi connectivity index (χ2n) is 5.75. The molecular formula is C17H14N2O3S2. The Morgan fingerprint density at radius 1 is 1.21 bits per heavy atom. The van der Waals surface area contributed by atoms with Gasteiger partial charge in [-0.25, -0.2) is 18.1 Å². The average Bonchev–Trinajstić information content (AvgIpc) is 3.06. The van der Waals surface area contributed by atoms with Crippen molar-refractivity contribution >= 4 is 37.4 Å². The highest BCUT2D eigenvalue weighted by atomic mass is 32.2. The summed E-state index contributed by atoms with van der Waals surface area (Å²) in [5, 5.41) is 0.892. The van der Waals surface area contributed by atoms with Crippen LogP contribution in [0.1, 0.15) is 33.4 Å². The number of fused-ring (bicyclic) bond motifs is 2. The van der Waals surface area contributed by atoms with Crippen LogP contribution in [0.5, 0.6) is 0 Å². The van der Waals surface area contributed by atoms with Gasteiger partial charge >= 0.3 is 0 Å². The third-order valence-corrected chi connectivity index (χ3v) is 6.50. The molecule has 122 valence electrons. The molecule has 0 saturated carbocycles. The second-order valence-corrected chi connectivity index (χ2v) is 8.70. The number of sulfonamides is 1. The standard InChI is InChI=1S/C17H14N2O3S2/c1-10-18-14-7-6-11(8-17(14)23-10)24(21,22)19-15-9-16(20)13-5-3-2-4-12(13)15/h2-8,15,19H,9H2,1H3/t15-/m1/s1.